The molecular weight excluding hydrogens is 406 g/mol. The van der Waals surface area contributed by atoms with E-state index in [4.69, 9.17) is 4.74 Å². The number of piperidine rings is 1. The fourth-order valence-electron chi connectivity index (χ4n) is 3.81. The molecule has 1 aliphatic heterocycles. The highest BCUT2D eigenvalue weighted by atomic mass is 16.5. The van der Waals surface area contributed by atoms with E-state index >= 15 is 0 Å². The van der Waals surface area contributed by atoms with Gasteiger partial charge in [-0.2, -0.15) is 0 Å². The molecule has 3 rings (SSSR count). The van der Waals surface area contributed by atoms with Crippen molar-refractivity contribution >= 4 is 23.5 Å². The van der Waals surface area contributed by atoms with Crippen LogP contribution in [-0.4, -0.2) is 43.5 Å². The smallest absolute Gasteiger partial charge is 0.328 e. The maximum atomic E-state index is 12.8. The van der Waals surface area contributed by atoms with Crippen molar-refractivity contribution in [2.24, 2.45) is 5.92 Å². The van der Waals surface area contributed by atoms with E-state index in [0.717, 1.165) is 24.9 Å². The van der Waals surface area contributed by atoms with Crippen LogP contribution in [0.1, 0.15) is 30.9 Å². The first kappa shape index (κ1) is 23.5. The van der Waals surface area contributed by atoms with Gasteiger partial charge in [0.05, 0.1) is 18.9 Å². The SMILES string of the molecule is CCOC(=O)C(Cc1ccccc1)NC(=O)Cc1ccccc1NC(=O)C1CCCNC1. The van der Waals surface area contributed by atoms with Crippen molar-refractivity contribution in [1.29, 1.82) is 0 Å². The van der Waals surface area contributed by atoms with Crippen LogP contribution in [0, 0.1) is 5.92 Å². The third-order valence-electron chi connectivity index (χ3n) is 5.48. The highest BCUT2D eigenvalue weighted by Gasteiger charge is 2.24. The Morgan fingerprint density at radius 2 is 1.84 bits per heavy atom. The normalized spacial score (nSPS) is 16.6. The van der Waals surface area contributed by atoms with E-state index in [-0.39, 0.29) is 30.8 Å². The van der Waals surface area contributed by atoms with Crippen LogP contribution < -0.4 is 16.0 Å². The first-order valence-corrected chi connectivity index (χ1v) is 11.2. The average molecular weight is 438 g/mol. The van der Waals surface area contributed by atoms with E-state index in [0.29, 0.717) is 24.2 Å². The number of hydrogen-bond donors (Lipinski definition) is 3. The molecule has 3 N–H and O–H groups in total. The van der Waals surface area contributed by atoms with E-state index < -0.39 is 12.0 Å². The minimum absolute atomic E-state index is 0.0430. The molecule has 1 aliphatic rings. The number of para-hydroxylation sites is 1. The maximum absolute atomic E-state index is 12.8. The number of amides is 2. The number of esters is 1. The van der Waals surface area contributed by atoms with Crippen LogP contribution in [0.3, 0.4) is 0 Å². The van der Waals surface area contributed by atoms with Crippen molar-refractivity contribution in [3.8, 4) is 0 Å². The Bertz CT molecular complexity index is 910. The van der Waals surface area contributed by atoms with Crippen LogP contribution in [0.2, 0.25) is 0 Å². The molecule has 7 heteroatoms. The molecule has 1 heterocycles. The summed E-state index contributed by atoms with van der Waals surface area (Å²) in [6.07, 6.45) is 2.21. The summed E-state index contributed by atoms with van der Waals surface area (Å²) in [5.41, 5.74) is 2.25. The van der Waals surface area contributed by atoms with Crippen LogP contribution in [0.25, 0.3) is 0 Å². The Labute approximate surface area is 188 Å². The Morgan fingerprint density at radius 3 is 2.56 bits per heavy atom. The molecule has 7 nitrogen and oxygen atoms in total. The van der Waals surface area contributed by atoms with E-state index in [1.165, 1.54) is 0 Å². The number of carbonyl (C=O) groups excluding carboxylic acids is 3. The van der Waals surface area contributed by atoms with Crippen LogP contribution in [0.15, 0.2) is 54.6 Å². The summed E-state index contributed by atoms with van der Waals surface area (Å²) in [6.45, 7) is 3.57. The van der Waals surface area contributed by atoms with Crippen LogP contribution >= 0.6 is 0 Å². The number of hydrogen-bond acceptors (Lipinski definition) is 5. The summed E-state index contributed by atoms with van der Waals surface area (Å²) < 4.78 is 5.15. The molecule has 0 saturated carbocycles. The first-order chi connectivity index (χ1) is 15.6. The van der Waals surface area contributed by atoms with Gasteiger partial charge in [0.25, 0.3) is 0 Å². The molecule has 0 spiro atoms. The Hall–Kier alpha value is -3.19. The zero-order valence-electron chi connectivity index (χ0n) is 18.4. The van der Waals surface area contributed by atoms with E-state index in [1.807, 2.05) is 48.5 Å². The van der Waals surface area contributed by atoms with Crippen molar-refractivity contribution in [2.45, 2.75) is 38.6 Å². The van der Waals surface area contributed by atoms with Crippen molar-refractivity contribution < 1.29 is 19.1 Å². The quantitative estimate of drug-likeness (QED) is 0.524. The first-order valence-electron chi connectivity index (χ1n) is 11.2. The fourth-order valence-corrected chi connectivity index (χ4v) is 3.81. The Kier molecular flexibility index (Phi) is 8.80. The second kappa shape index (κ2) is 12.0. The summed E-state index contributed by atoms with van der Waals surface area (Å²) in [7, 11) is 0. The highest BCUT2D eigenvalue weighted by Crippen LogP contribution is 2.19. The monoisotopic (exact) mass is 437 g/mol. The molecule has 2 atom stereocenters. The topological polar surface area (TPSA) is 96.5 Å². The minimum atomic E-state index is -0.778. The molecule has 0 radical (unpaired) electrons. The molecule has 2 amide bonds. The van der Waals surface area contributed by atoms with Crippen LogP contribution in [0.4, 0.5) is 5.69 Å². The third kappa shape index (κ3) is 6.92. The van der Waals surface area contributed by atoms with Gasteiger partial charge in [-0.25, -0.2) is 4.79 Å². The van der Waals surface area contributed by atoms with Gasteiger partial charge >= 0.3 is 5.97 Å². The highest BCUT2D eigenvalue weighted by molar-refractivity contribution is 5.94. The van der Waals surface area contributed by atoms with Gasteiger partial charge in [0, 0.05) is 18.7 Å². The summed E-state index contributed by atoms with van der Waals surface area (Å²) >= 11 is 0. The number of nitrogens with one attached hydrogen (secondary N) is 3. The van der Waals surface area contributed by atoms with Crippen molar-refractivity contribution in [3.63, 3.8) is 0 Å². The van der Waals surface area contributed by atoms with Gasteiger partial charge in [-0.1, -0.05) is 48.5 Å². The van der Waals surface area contributed by atoms with Gasteiger partial charge in [-0.15, -0.1) is 0 Å². The molecule has 2 unspecified atom stereocenters. The molecular formula is C25H31N3O4. The van der Waals surface area contributed by atoms with Crippen molar-refractivity contribution in [1.82, 2.24) is 10.6 Å². The molecule has 0 bridgehead atoms. The number of ether oxygens (including phenoxy) is 1. The van der Waals surface area contributed by atoms with E-state index in [1.54, 1.807) is 13.0 Å². The Balaban J connectivity index is 1.65. The van der Waals surface area contributed by atoms with Gasteiger partial charge in [-0.05, 0) is 43.5 Å². The van der Waals surface area contributed by atoms with Gasteiger partial charge in [0.15, 0.2) is 0 Å². The second-order valence-electron chi connectivity index (χ2n) is 7.93. The molecule has 2 aromatic carbocycles. The van der Waals surface area contributed by atoms with Crippen molar-refractivity contribution in [2.75, 3.05) is 25.0 Å². The molecule has 32 heavy (non-hydrogen) atoms. The predicted octanol–water partition coefficient (Wildman–Crippen LogP) is 2.46. The third-order valence-corrected chi connectivity index (χ3v) is 5.48. The molecule has 1 saturated heterocycles. The molecule has 0 aromatic heterocycles. The zero-order chi connectivity index (χ0) is 22.8. The minimum Gasteiger partial charge on any atom is -0.464 e. The zero-order valence-corrected chi connectivity index (χ0v) is 18.4. The largest absolute Gasteiger partial charge is 0.464 e. The molecule has 2 aromatic rings. The van der Waals surface area contributed by atoms with Gasteiger partial charge in [0.2, 0.25) is 11.8 Å². The predicted molar refractivity (Wildman–Crippen MR) is 123 cm³/mol. The molecule has 1 fully saturated rings. The van der Waals surface area contributed by atoms with Crippen LogP contribution in [0.5, 0.6) is 0 Å². The van der Waals surface area contributed by atoms with Gasteiger partial charge in [0.1, 0.15) is 6.04 Å². The van der Waals surface area contributed by atoms with Gasteiger partial charge in [-0.3, -0.25) is 9.59 Å². The summed E-state index contributed by atoms with van der Waals surface area (Å²) in [5.74, 6) is -0.889. The van der Waals surface area contributed by atoms with Crippen molar-refractivity contribution in [3.05, 3.63) is 65.7 Å². The lowest BCUT2D eigenvalue weighted by Crippen LogP contribution is -2.44. The second-order valence-corrected chi connectivity index (χ2v) is 7.93. The average Bonchev–Trinajstić information content (AvgIpc) is 2.81. The standard InChI is InChI=1S/C25H31N3O4/c1-2-32-25(31)22(15-18-9-4-3-5-10-18)27-23(29)16-19-11-6-7-13-21(19)28-24(30)20-12-8-14-26-17-20/h3-7,9-11,13,20,22,26H,2,8,12,14-17H2,1H3,(H,27,29)(H,28,30). The lowest BCUT2D eigenvalue weighted by Gasteiger charge is -2.22. The van der Waals surface area contributed by atoms with Crippen LogP contribution in [-0.2, 0) is 32.0 Å². The lowest BCUT2D eigenvalue weighted by atomic mass is 9.98. The maximum Gasteiger partial charge on any atom is 0.328 e. The Morgan fingerprint density at radius 1 is 1.09 bits per heavy atom. The number of carbonyl (C=O) groups is 3. The summed E-state index contributed by atoms with van der Waals surface area (Å²) in [5, 5.41) is 9.02. The molecule has 170 valence electrons. The fraction of sp³-hybridized carbons (Fsp3) is 0.400. The van der Waals surface area contributed by atoms with E-state index in [2.05, 4.69) is 16.0 Å². The molecule has 0 aliphatic carbocycles. The van der Waals surface area contributed by atoms with E-state index in [9.17, 15) is 14.4 Å². The summed E-state index contributed by atoms with van der Waals surface area (Å²) in [4.78, 5) is 37.9. The summed E-state index contributed by atoms with van der Waals surface area (Å²) in [6, 6.07) is 16.0. The lowest BCUT2D eigenvalue weighted by molar-refractivity contribution is -0.147. The number of benzene rings is 2. The number of anilines is 1. The number of rotatable bonds is 9. The van der Waals surface area contributed by atoms with Gasteiger partial charge < -0.3 is 20.7 Å².